The zero-order valence-electron chi connectivity index (χ0n) is 11.5. The van der Waals surface area contributed by atoms with Crippen molar-refractivity contribution < 1.29 is 14.6 Å². The molecule has 4 heteroatoms. The lowest BCUT2D eigenvalue weighted by Crippen LogP contribution is -2.08. The van der Waals surface area contributed by atoms with E-state index in [1.807, 2.05) is 19.9 Å². The van der Waals surface area contributed by atoms with Gasteiger partial charge in [-0.05, 0) is 44.7 Å². The van der Waals surface area contributed by atoms with Crippen LogP contribution in [0.1, 0.15) is 50.3 Å². The van der Waals surface area contributed by atoms with Crippen molar-refractivity contribution in [3.8, 4) is 11.5 Å². The Morgan fingerprint density at radius 3 is 2.68 bits per heavy atom. The van der Waals surface area contributed by atoms with Crippen molar-refractivity contribution in [2.45, 2.75) is 45.6 Å². The van der Waals surface area contributed by atoms with Crippen LogP contribution in [-0.2, 0) is 6.42 Å². The lowest BCUT2D eigenvalue weighted by Gasteiger charge is -2.21. The number of aliphatic hydroxyl groups excluding tert-OH is 1. The first kappa shape index (κ1) is 14.7. The van der Waals surface area contributed by atoms with Crippen molar-refractivity contribution in [1.82, 2.24) is 0 Å². The Bertz CT molecular complexity index is 446. The highest BCUT2D eigenvalue weighted by atomic mass is 79.9. The van der Waals surface area contributed by atoms with Crippen molar-refractivity contribution in [1.29, 1.82) is 0 Å². The SMILES string of the molecule is CCOc1cc(Br)c2c(c1OCC)[C@H](O)CCCC2. The Hall–Kier alpha value is -0.740. The largest absolute Gasteiger partial charge is 0.490 e. The fourth-order valence-electron chi connectivity index (χ4n) is 2.61. The van der Waals surface area contributed by atoms with E-state index in [4.69, 9.17) is 9.47 Å². The van der Waals surface area contributed by atoms with Gasteiger partial charge in [-0.15, -0.1) is 0 Å². The predicted octanol–water partition coefficient (Wildman–Crippen LogP) is 4.01. The standard InChI is InChI=1S/C15H21BrO3/c1-3-18-13-9-11(16)10-7-5-6-8-12(17)14(10)15(13)19-4-2/h9,12,17H,3-8H2,1-2H3/t12-/m1/s1. The van der Waals surface area contributed by atoms with E-state index in [0.29, 0.717) is 13.2 Å². The topological polar surface area (TPSA) is 38.7 Å². The molecule has 1 aromatic rings. The molecule has 0 saturated carbocycles. The van der Waals surface area contributed by atoms with Crippen LogP contribution in [-0.4, -0.2) is 18.3 Å². The van der Waals surface area contributed by atoms with E-state index in [9.17, 15) is 5.11 Å². The number of hydrogen-bond donors (Lipinski definition) is 1. The molecule has 0 aliphatic heterocycles. The maximum absolute atomic E-state index is 10.4. The van der Waals surface area contributed by atoms with Gasteiger partial charge >= 0.3 is 0 Å². The van der Waals surface area contributed by atoms with Crippen LogP contribution in [0, 0.1) is 0 Å². The lowest BCUT2D eigenvalue weighted by atomic mass is 9.99. The van der Waals surface area contributed by atoms with E-state index in [2.05, 4.69) is 15.9 Å². The summed E-state index contributed by atoms with van der Waals surface area (Å²) in [6.07, 6.45) is 3.44. The van der Waals surface area contributed by atoms with Gasteiger partial charge in [0.1, 0.15) is 0 Å². The molecule has 106 valence electrons. The molecule has 0 heterocycles. The van der Waals surface area contributed by atoms with Gasteiger partial charge in [0.05, 0.1) is 19.3 Å². The van der Waals surface area contributed by atoms with E-state index in [0.717, 1.165) is 52.8 Å². The summed E-state index contributed by atoms with van der Waals surface area (Å²) < 4.78 is 12.4. The molecule has 0 spiro atoms. The number of fused-ring (bicyclic) bond motifs is 1. The molecule has 0 amide bonds. The van der Waals surface area contributed by atoms with Crippen molar-refractivity contribution in [2.75, 3.05) is 13.2 Å². The van der Waals surface area contributed by atoms with E-state index in [1.54, 1.807) is 0 Å². The van der Waals surface area contributed by atoms with Crippen molar-refractivity contribution in [2.24, 2.45) is 0 Å². The molecule has 1 aromatic carbocycles. The minimum Gasteiger partial charge on any atom is -0.490 e. The highest BCUT2D eigenvalue weighted by molar-refractivity contribution is 9.10. The molecule has 1 aliphatic carbocycles. The summed E-state index contributed by atoms with van der Waals surface area (Å²) >= 11 is 3.60. The molecular weight excluding hydrogens is 308 g/mol. The van der Waals surface area contributed by atoms with Gasteiger partial charge in [-0.1, -0.05) is 22.4 Å². The molecule has 3 nitrogen and oxygen atoms in total. The van der Waals surface area contributed by atoms with Crippen molar-refractivity contribution in [3.63, 3.8) is 0 Å². The van der Waals surface area contributed by atoms with Crippen LogP contribution in [0.25, 0.3) is 0 Å². The van der Waals surface area contributed by atoms with Gasteiger partial charge in [-0.2, -0.15) is 0 Å². The van der Waals surface area contributed by atoms with Gasteiger partial charge in [-0.25, -0.2) is 0 Å². The van der Waals surface area contributed by atoms with Gasteiger partial charge in [0.2, 0.25) is 0 Å². The minimum atomic E-state index is -0.462. The van der Waals surface area contributed by atoms with Crippen LogP contribution in [0.3, 0.4) is 0 Å². The summed E-state index contributed by atoms with van der Waals surface area (Å²) in [5, 5.41) is 10.4. The summed E-state index contributed by atoms with van der Waals surface area (Å²) in [4.78, 5) is 0. The third-order valence-electron chi connectivity index (χ3n) is 3.42. The molecule has 0 fully saturated rings. The summed E-state index contributed by atoms with van der Waals surface area (Å²) in [6.45, 7) is 5.06. The van der Waals surface area contributed by atoms with E-state index in [-0.39, 0.29) is 0 Å². The van der Waals surface area contributed by atoms with Crippen molar-refractivity contribution in [3.05, 3.63) is 21.7 Å². The smallest absolute Gasteiger partial charge is 0.167 e. The number of aliphatic hydroxyl groups is 1. The van der Waals surface area contributed by atoms with Crippen molar-refractivity contribution >= 4 is 15.9 Å². The fraction of sp³-hybridized carbons (Fsp3) is 0.600. The molecule has 1 atom stereocenters. The highest BCUT2D eigenvalue weighted by Crippen LogP contribution is 2.45. The second-order valence-electron chi connectivity index (χ2n) is 4.71. The fourth-order valence-corrected chi connectivity index (χ4v) is 3.23. The second-order valence-corrected chi connectivity index (χ2v) is 5.56. The average molecular weight is 329 g/mol. The Balaban J connectivity index is 2.58. The van der Waals surface area contributed by atoms with Gasteiger partial charge in [-0.3, -0.25) is 0 Å². The minimum absolute atomic E-state index is 0.462. The molecule has 0 bridgehead atoms. The second kappa shape index (κ2) is 6.62. The molecular formula is C15H21BrO3. The molecule has 0 saturated heterocycles. The third kappa shape index (κ3) is 3.06. The maximum atomic E-state index is 10.4. The molecule has 0 unspecified atom stereocenters. The third-order valence-corrected chi connectivity index (χ3v) is 4.12. The number of ether oxygens (including phenoxy) is 2. The summed E-state index contributed by atoms with van der Waals surface area (Å²) in [6, 6.07) is 1.96. The van der Waals surface area contributed by atoms with Crippen LogP contribution >= 0.6 is 15.9 Å². The van der Waals surface area contributed by atoms with Gasteiger partial charge in [0.15, 0.2) is 11.5 Å². The summed E-state index contributed by atoms with van der Waals surface area (Å²) in [5.41, 5.74) is 2.08. The molecule has 0 aromatic heterocycles. The van der Waals surface area contributed by atoms with Gasteiger partial charge in [0, 0.05) is 10.0 Å². The number of halogens is 1. The van der Waals surface area contributed by atoms with E-state index in [1.165, 1.54) is 0 Å². The average Bonchev–Trinajstić information content (AvgIpc) is 2.57. The normalized spacial score (nSPS) is 18.6. The van der Waals surface area contributed by atoms with Gasteiger partial charge < -0.3 is 14.6 Å². The van der Waals surface area contributed by atoms with E-state index >= 15 is 0 Å². The first-order valence-electron chi connectivity index (χ1n) is 6.97. The monoisotopic (exact) mass is 328 g/mol. The van der Waals surface area contributed by atoms with Crippen LogP contribution in [0.4, 0.5) is 0 Å². The molecule has 1 aliphatic rings. The lowest BCUT2D eigenvalue weighted by molar-refractivity contribution is 0.159. The van der Waals surface area contributed by atoms with Gasteiger partial charge in [0.25, 0.3) is 0 Å². The Morgan fingerprint density at radius 1 is 1.26 bits per heavy atom. The first-order chi connectivity index (χ1) is 9.19. The van der Waals surface area contributed by atoms with Crippen LogP contribution in [0.15, 0.2) is 10.5 Å². The highest BCUT2D eigenvalue weighted by Gasteiger charge is 2.26. The van der Waals surface area contributed by atoms with Crippen LogP contribution in [0.5, 0.6) is 11.5 Å². The number of hydrogen-bond acceptors (Lipinski definition) is 3. The predicted molar refractivity (Wildman–Crippen MR) is 79.0 cm³/mol. The zero-order valence-corrected chi connectivity index (χ0v) is 13.1. The Labute approximate surface area is 123 Å². The summed E-state index contributed by atoms with van der Waals surface area (Å²) in [7, 11) is 0. The number of benzene rings is 1. The molecule has 0 radical (unpaired) electrons. The first-order valence-corrected chi connectivity index (χ1v) is 7.77. The zero-order chi connectivity index (χ0) is 13.8. The van der Waals surface area contributed by atoms with Crippen LogP contribution < -0.4 is 9.47 Å². The Morgan fingerprint density at radius 2 is 2.00 bits per heavy atom. The Kier molecular flexibility index (Phi) is 5.11. The van der Waals surface area contributed by atoms with Crippen LogP contribution in [0.2, 0.25) is 0 Å². The summed E-state index contributed by atoms with van der Waals surface area (Å²) in [5.74, 6) is 1.44. The molecule has 19 heavy (non-hydrogen) atoms. The number of rotatable bonds is 4. The molecule has 1 N–H and O–H groups in total. The molecule has 2 rings (SSSR count). The quantitative estimate of drug-likeness (QED) is 0.849. The maximum Gasteiger partial charge on any atom is 0.167 e. The van der Waals surface area contributed by atoms with E-state index < -0.39 is 6.10 Å².